The van der Waals surface area contributed by atoms with Crippen LogP contribution in [-0.4, -0.2) is 67.5 Å². The first-order chi connectivity index (χ1) is 14.4. The third kappa shape index (κ3) is 4.09. The SMILES string of the molecule is CN(C)c1ccc(C(=O)N2CCN(Cc3ccc4c(c3)CCO4)CC2)cc1[N+](=O)[O-]. The molecule has 0 aliphatic carbocycles. The summed E-state index contributed by atoms with van der Waals surface area (Å²) in [5.41, 5.74) is 3.32. The number of hydrogen-bond acceptors (Lipinski definition) is 6. The van der Waals surface area contributed by atoms with Gasteiger partial charge in [-0.3, -0.25) is 19.8 Å². The summed E-state index contributed by atoms with van der Waals surface area (Å²) in [5.74, 6) is 0.835. The van der Waals surface area contributed by atoms with Crippen LogP contribution in [0.15, 0.2) is 36.4 Å². The van der Waals surface area contributed by atoms with Gasteiger partial charge in [-0.2, -0.15) is 0 Å². The summed E-state index contributed by atoms with van der Waals surface area (Å²) >= 11 is 0. The van der Waals surface area contributed by atoms with Gasteiger partial charge in [0.05, 0.1) is 11.5 Å². The van der Waals surface area contributed by atoms with Crippen molar-refractivity contribution in [3.8, 4) is 5.75 Å². The molecule has 2 heterocycles. The van der Waals surface area contributed by atoms with Crippen molar-refractivity contribution in [1.82, 2.24) is 9.80 Å². The summed E-state index contributed by atoms with van der Waals surface area (Å²) in [4.78, 5) is 29.7. The summed E-state index contributed by atoms with van der Waals surface area (Å²) < 4.78 is 5.57. The number of rotatable bonds is 5. The van der Waals surface area contributed by atoms with E-state index in [9.17, 15) is 14.9 Å². The topological polar surface area (TPSA) is 79.2 Å². The monoisotopic (exact) mass is 410 g/mol. The molecule has 1 saturated heterocycles. The lowest BCUT2D eigenvalue weighted by atomic mass is 10.1. The van der Waals surface area contributed by atoms with E-state index in [1.165, 1.54) is 17.2 Å². The molecular formula is C22H26N4O4. The molecule has 8 heteroatoms. The molecule has 30 heavy (non-hydrogen) atoms. The van der Waals surface area contributed by atoms with Gasteiger partial charge in [-0.15, -0.1) is 0 Å². The molecule has 0 radical (unpaired) electrons. The highest BCUT2D eigenvalue weighted by molar-refractivity contribution is 5.95. The van der Waals surface area contributed by atoms with Crippen LogP contribution in [0.5, 0.6) is 5.75 Å². The Kier molecular flexibility index (Phi) is 5.59. The number of amides is 1. The van der Waals surface area contributed by atoms with Gasteiger partial charge in [-0.1, -0.05) is 12.1 Å². The average Bonchev–Trinajstić information content (AvgIpc) is 3.21. The number of piperazine rings is 1. The number of nitrogens with zero attached hydrogens (tertiary/aromatic N) is 4. The number of nitro groups is 1. The van der Waals surface area contributed by atoms with Crippen molar-refractivity contribution in [3.63, 3.8) is 0 Å². The van der Waals surface area contributed by atoms with Crippen molar-refractivity contribution >= 4 is 17.3 Å². The van der Waals surface area contributed by atoms with E-state index >= 15 is 0 Å². The van der Waals surface area contributed by atoms with Crippen LogP contribution < -0.4 is 9.64 Å². The summed E-state index contributed by atoms with van der Waals surface area (Å²) in [6.45, 7) is 4.37. The lowest BCUT2D eigenvalue weighted by molar-refractivity contribution is -0.384. The largest absolute Gasteiger partial charge is 0.493 e. The zero-order valence-electron chi connectivity index (χ0n) is 17.3. The number of hydrogen-bond donors (Lipinski definition) is 0. The molecule has 2 aliphatic rings. The van der Waals surface area contributed by atoms with Crippen LogP contribution in [0.25, 0.3) is 0 Å². The van der Waals surface area contributed by atoms with Crippen molar-refractivity contribution in [3.05, 3.63) is 63.2 Å². The maximum absolute atomic E-state index is 12.9. The van der Waals surface area contributed by atoms with Crippen LogP contribution in [0.4, 0.5) is 11.4 Å². The summed E-state index contributed by atoms with van der Waals surface area (Å²) in [7, 11) is 3.49. The first kappa shape index (κ1) is 20.2. The summed E-state index contributed by atoms with van der Waals surface area (Å²) in [6.07, 6.45) is 0.963. The number of benzene rings is 2. The van der Waals surface area contributed by atoms with E-state index in [-0.39, 0.29) is 11.6 Å². The van der Waals surface area contributed by atoms with Gasteiger partial charge >= 0.3 is 0 Å². The highest BCUT2D eigenvalue weighted by atomic mass is 16.6. The Hall–Kier alpha value is -3.13. The number of ether oxygens (including phenoxy) is 1. The molecule has 2 aromatic rings. The van der Waals surface area contributed by atoms with Crippen molar-refractivity contribution < 1.29 is 14.5 Å². The third-order valence-electron chi connectivity index (χ3n) is 5.72. The first-order valence-electron chi connectivity index (χ1n) is 10.1. The maximum Gasteiger partial charge on any atom is 0.293 e. The minimum Gasteiger partial charge on any atom is -0.493 e. The highest BCUT2D eigenvalue weighted by Crippen LogP contribution is 2.29. The number of carbonyl (C=O) groups excluding carboxylic acids is 1. The first-order valence-corrected chi connectivity index (χ1v) is 10.1. The van der Waals surface area contributed by atoms with E-state index in [2.05, 4.69) is 17.0 Å². The van der Waals surface area contributed by atoms with Crippen LogP contribution in [-0.2, 0) is 13.0 Å². The predicted molar refractivity (Wildman–Crippen MR) is 114 cm³/mol. The Morgan fingerprint density at radius 1 is 1.13 bits per heavy atom. The van der Waals surface area contributed by atoms with Crippen molar-refractivity contribution in [1.29, 1.82) is 0 Å². The van der Waals surface area contributed by atoms with Crippen LogP contribution in [0.2, 0.25) is 0 Å². The Labute approximate surface area is 175 Å². The standard InChI is InChI=1S/C22H26N4O4/c1-23(2)19-5-4-18(14-20(19)26(28)29)22(27)25-10-8-24(9-11-25)15-16-3-6-21-17(13-16)7-12-30-21/h3-6,13-14H,7-12,15H2,1-2H3. The smallest absolute Gasteiger partial charge is 0.293 e. The second kappa shape index (κ2) is 8.31. The van der Waals surface area contributed by atoms with Crippen molar-refractivity contribution in [2.45, 2.75) is 13.0 Å². The minimum absolute atomic E-state index is 0.0509. The zero-order chi connectivity index (χ0) is 21.3. The Balaban J connectivity index is 1.38. The molecule has 0 aromatic heterocycles. The van der Waals surface area contributed by atoms with Crippen LogP contribution in [0.1, 0.15) is 21.5 Å². The molecule has 1 amide bonds. The van der Waals surface area contributed by atoms with Gasteiger partial charge in [0.1, 0.15) is 11.4 Å². The molecule has 0 N–H and O–H groups in total. The normalized spacial score (nSPS) is 16.1. The lowest BCUT2D eigenvalue weighted by Gasteiger charge is -2.35. The zero-order valence-corrected chi connectivity index (χ0v) is 17.3. The average molecular weight is 410 g/mol. The Morgan fingerprint density at radius 2 is 1.90 bits per heavy atom. The van der Waals surface area contributed by atoms with Gasteiger partial charge in [0, 0.05) is 64.9 Å². The summed E-state index contributed by atoms with van der Waals surface area (Å²) in [5, 5.41) is 11.4. The molecule has 8 nitrogen and oxygen atoms in total. The Bertz CT molecular complexity index is 968. The van der Waals surface area contributed by atoms with Gasteiger partial charge < -0.3 is 14.5 Å². The third-order valence-corrected chi connectivity index (χ3v) is 5.72. The second-order valence-corrected chi connectivity index (χ2v) is 7.96. The van der Waals surface area contributed by atoms with Crippen LogP contribution in [0.3, 0.4) is 0 Å². The molecular weight excluding hydrogens is 384 g/mol. The van der Waals surface area contributed by atoms with Gasteiger partial charge in [0.25, 0.3) is 11.6 Å². The van der Waals surface area contributed by atoms with E-state index in [4.69, 9.17) is 4.74 Å². The van der Waals surface area contributed by atoms with Gasteiger partial charge in [-0.05, 0) is 29.3 Å². The number of fused-ring (bicyclic) bond motifs is 1. The lowest BCUT2D eigenvalue weighted by Crippen LogP contribution is -2.48. The summed E-state index contributed by atoms with van der Waals surface area (Å²) in [6, 6.07) is 11.1. The fraction of sp³-hybridized carbons (Fsp3) is 0.409. The second-order valence-electron chi connectivity index (χ2n) is 7.96. The highest BCUT2D eigenvalue weighted by Gasteiger charge is 2.25. The fourth-order valence-electron chi connectivity index (χ4n) is 4.07. The number of nitro benzene ring substituents is 1. The Morgan fingerprint density at radius 3 is 2.60 bits per heavy atom. The van der Waals surface area contributed by atoms with Crippen molar-refractivity contribution in [2.24, 2.45) is 0 Å². The predicted octanol–water partition coefficient (Wildman–Crippen LogP) is 2.55. The van der Waals surface area contributed by atoms with Crippen LogP contribution >= 0.6 is 0 Å². The van der Waals surface area contributed by atoms with E-state index in [1.54, 1.807) is 36.0 Å². The van der Waals surface area contributed by atoms with Crippen molar-refractivity contribution in [2.75, 3.05) is 51.8 Å². The molecule has 0 saturated carbocycles. The molecule has 2 aliphatic heterocycles. The van der Waals surface area contributed by atoms with E-state index in [0.717, 1.165) is 38.4 Å². The molecule has 0 unspecified atom stereocenters. The molecule has 4 rings (SSSR count). The van der Waals surface area contributed by atoms with Crippen LogP contribution in [0, 0.1) is 10.1 Å². The minimum atomic E-state index is -0.439. The quantitative estimate of drug-likeness (QED) is 0.557. The molecule has 0 spiro atoms. The van der Waals surface area contributed by atoms with Gasteiger partial charge in [0.2, 0.25) is 0 Å². The van der Waals surface area contributed by atoms with Gasteiger partial charge in [-0.25, -0.2) is 0 Å². The molecule has 0 bridgehead atoms. The molecule has 2 aromatic carbocycles. The fourth-order valence-corrected chi connectivity index (χ4v) is 4.07. The molecule has 1 fully saturated rings. The number of carbonyl (C=O) groups is 1. The van der Waals surface area contributed by atoms with E-state index in [0.29, 0.717) is 24.3 Å². The van der Waals surface area contributed by atoms with E-state index < -0.39 is 4.92 Å². The number of anilines is 1. The molecule has 0 atom stereocenters. The molecule has 158 valence electrons. The van der Waals surface area contributed by atoms with E-state index in [1.807, 2.05) is 6.07 Å². The van der Waals surface area contributed by atoms with Gasteiger partial charge in [0.15, 0.2) is 0 Å². The maximum atomic E-state index is 12.9.